The van der Waals surface area contributed by atoms with Crippen LogP contribution in [0.4, 0.5) is 0 Å². The van der Waals surface area contributed by atoms with Gasteiger partial charge in [0.15, 0.2) is 11.4 Å². The van der Waals surface area contributed by atoms with Gasteiger partial charge in [-0.2, -0.15) is 0 Å². The lowest BCUT2D eigenvalue weighted by Gasteiger charge is -2.42. The Morgan fingerprint density at radius 3 is 0.983 bits per heavy atom. The minimum Gasteiger partial charge on any atom is -0.393 e. The Kier molecular flexibility index (Phi) is 44.3. The highest BCUT2D eigenvalue weighted by Crippen LogP contribution is 2.36. The average Bonchev–Trinajstić information content (AvgIpc) is 3.24. The second-order valence-electron chi connectivity index (χ2n) is 18.9. The molecule has 0 saturated carbocycles. The molecular formula is C55H106O4. The van der Waals surface area contributed by atoms with Crippen molar-refractivity contribution in [2.24, 2.45) is 0 Å². The maximum absolute atomic E-state index is 13.6. The van der Waals surface area contributed by atoms with Gasteiger partial charge in [0, 0.05) is 6.42 Å². The second kappa shape index (κ2) is 45.1. The lowest BCUT2D eigenvalue weighted by molar-refractivity contribution is -0.190. The fourth-order valence-electron chi connectivity index (χ4n) is 8.91. The molecule has 2 atom stereocenters. The molecule has 0 spiro atoms. The molecule has 0 aliphatic heterocycles. The number of hydrogen-bond donors (Lipinski definition) is 3. The van der Waals surface area contributed by atoms with Gasteiger partial charge in [-0.05, 0) is 51.4 Å². The van der Waals surface area contributed by atoms with Crippen molar-refractivity contribution in [1.82, 2.24) is 0 Å². The van der Waals surface area contributed by atoms with E-state index in [2.05, 4.69) is 45.1 Å². The SMILES string of the molecule is CCCCC/C=C\C/C=C\CCCCCCCCC(O)(CCCCCCCCCCCCCCCCCC)C(O)(CO)C(=O)CCCCCCCCCCCCCCC. The molecule has 0 rings (SSSR count). The van der Waals surface area contributed by atoms with Crippen molar-refractivity contribution >= 4 is 5.78 Å². The van der Waals surface area contributed by atoms with E-state index in [4.69, 9.17) is 0 Å². The molecule has 0 amide bonds. The molecule has 0 aliphatic rings. The molecule has 0 bridgehead atoms. The second-order valence-corrected chi connectivity index (χ2v) is 18.9. The number of carbonyl (C=O) groups is 1. The van der Waals surface area contributed by atoms with E-state index >= 15 is 0 Å². The third kappa shape index (κ3) is 35.2. The Bertz CT molecular complexity index is 913. The highest BCUT2D eigenvalue weighted by molar-refractivity contribution is 5.88. The van der Waals surface area contributed by atoms with Crippen molar-refractivity contribution in [3.05, 3.63) is 24.3 Å². The van der Waals surface area contributed by atoms with Crippen LogP contribution in [-0.4, -0.2) is 38.9 Å². The zero-order chi connectivity index (χ0) is 43.2. The Hall–Kier alpha value is -0.970. The van der Waals surface area contributed by atoms with Crippen molar-refractivity contribution in [3.63, 3.8) is 0 Å². The first-order chi connectivity index (χ1) is 28.9. The number of aliphatic hydroxyl groups excluding tert-OH is 1. The lowest BCUT2D eigenvalue weighted by Crippen LogP contribution is -2.61. The third-order valence-corrected chi connectivity index (χ3v) is 13.2. The maximum atomic E-state index is 13.6. The van der Waals surface area contributed by atoms with Crippen LogP contribution in [0.5, 0.6) is 0 Å². The zero-order valence-corrected chi connectivity index (χ0v) is 40.4. The largest absolute Gasteiger partial charge is 0.393 e. The molecule has 0 radical (unpaired) electrons. The smallest absolute Gasteiger partial charge is 0.174 e. The quantitative estimate of drug-likeness (QED) is 0.0422. The van der Waals surface area contributed by atoms with Crippen molar-refractivity contribution in [1.29, 1.82) is 0 Å². The topological polar surface area (TPSA) is 77.8 Å². The van der Waals surface area contributed by atoms with Crippen LogP contribution in [0.1, 0.15) is 303 Å². The van der Waals surface area contributed by atoms with Crippen LogP contribution in [0, 0.1) is 0 Å². The molecule has 0 aromatic heterocycles. The van der Waals surface area contributed by atoms with Crippen LogP contribution in [0.15, 0.2) is 24.3 Å². The summed E-state index contributed by atoms with van der Waals surface area (Å²) in [7, 11) is 0. The number of unbranched alkanes of at least 4 members (excludes halogenated alkanes) is 36. The normalized spacial score (nSPS) is 14.1. The molecule has 4 nitrogen and oxygen atoms in total. The Morgan fingerprint density at radius 2 is 0.644 bits per heavy atom. The minimum atomic E-state index is -2.07. The molecule has 3 N–H and O–H groups in total. The first kappa shape index (κ1) is 58.0. The molecule has 4 heteroatoms. The number of rotatable bonds is 49. The highest BCUT2D eigenvalue weighted by atomic mass is 16.4. The van der Waals surface area contributed by atoms with Gasteiger partial charge in [-0.25, -0.2) is 0 Å². The zero-order valence-electron chi connectivity index (χ0n) is 40.4. The number of ketones is 1. The molecule has 2 unspecified atom stereocenters. The summed E-state index contributed by atoms with van der Waals surface area (Å²) < 4.78 is 0. The monoisotopic (exact) mass is 831 g/mol. The van der Waals surface area contributed by atoms with Crippen LogP contribution >= 0.6 is 0 Å². The van der Waals surface area contributed by atoms with E-state index in [0.29, 0.717) is 12.8 Å². The maximum Gasteiger partial charge on any atom is 0.174 e. The van der Waals surface area contributed by atoms with Gasteiger partial charge in [-0.3, -0.25) is 4.79 Å². The van der Waals surface area contributed by atoms with E-state index in [0.717, 1.165) is 70.6 Å². The number of allylic oxidation sites excluding steroid dienone is 4. The highest BCUT2D eigenvalue weighted by Gasteiger charge is 2.52. The van der Waals surface area contributed by atoms with Crippen LogP contribution in [0.25, 0.3) is 0 Å². The van der Waals surface area contributed by atoms with E-state index < -0.39 is 17.8 Å². The fourth-order valence-corrected chi connectivity index (χ4v) is 8.91. The number of carbonyl (C=O) groups excluding carboxylic acids is 1. The Balaban J connectivity index is 4.66. The van der Waals surface area contributed by atoms with Gasteiger partial charge in [-0.15, -0.1) is 0 Å². The van der Waals surface area contributed by atoms with Crippen LogP contribution < -0.4 is 0 Å². The first-order valence-electron chi connectivity index (χ1n) is 26.8. The molecule has 350 valence electrons. The van der Waals surface area contributed by atoms with E-state index in [1.807, 2.05) is 0 Å². The summed E-state index contributed by atoms with van der Waals surface area (Å²) in [5.41, 5.74) is -3.64. The van der Waals surface area contributed by atoms with Gasteiger partial charge in [0.05, 0.1) is 6.61 Å². The average molecular weight is 831 g/mol. The summed E-state index contributed by atoms with van der Waals surface area (Å²) in [6, 6.07) is 0. The summed E-state index contributed by atoms with van der Waals surface area (Å²) in [4.78, 5) is 13.6. The predicted molar refractivity (Wildman–Crippen MR) is 260 cm³/mol. The van der Waals surface area contributed by atoms with Crippen LogP contribution in [-0.2, 0) is 4.79 Å². The van der Waals surface area contributed by atoms with Crippen molar-refractivity contribution in [2.45, 2.75) is 314 Å². The molecular weight excluding hydrogens is 725 g/mol. The van der Waals surface area contributed by atoms with Gasteiger partial charge < -0.3 is 15.3 Å². The summed E-state index contributed by atoms with van der Waals surface area (Å²) in [6.07, 6.45) is 60.5. The summed E-state index contributed by atoms with van der Waals surface area (Å²) in [5, 5.41) is 34.4. The van der Waals surface area contributed by atoms with E-state index in [-0.39, 0.29) is 12.2 Å². The van der Waals surface area contributed by atoms with Gasteiger partial charge >= 0.3 is 0 Å². The Morgan fingerprint density at radius 1 is 0.373 bits per heavy atom. The van der Waals surface area contributed by atoms with E-state index in [1.165, 1.54) is 193 Å². The standard InChI is InChI=1S/C55H106O4/c1-4-7-10-13-16-19-22-25-27-29-32-35-38-41-44-47-50-54(58,51-48-45-42-39-36-33-30-28-26-23-20-17-14-11-8-5-2)55(59,52-56)53(57)49-46-43-40-37-34-31-24-21-18-15-12-9-6-3/h16,19,25,27,56,58-59H,4-15,17-18,20-24,26,28-52H2,1-3H3/b19-16-,27-25-. The van der Waals surface area contributed by atoms with Crippen molar-refractivity contribution in [3.8, 4) is 0 Å². The van der Waals surface area contributed by atoms with Crippen LogP contribution in [0.3, 0.4) is 0 Å². The molecule has 0 aromatic carbocycles. The molecule has 0 saturated heterocycles. The van der Waals surface area contributed by atoms with Gasteiger partial charge in [0.2, 0.25) is 0 Å². The van der Waals surface area contributed by atoms with Crippen molar-refractivity contribution in [2.75, 3.05) is 6.61 Å². The minimum absolute atomic E-state index is 0.236. The molecule has 0 fully saturated rings. The van der Waals surface area contributed by atoms with E-state index in [1.54, 1.807) is 0 Å². The molecule has 0 aromatic rings. The number of Topliss-reactive ketones (excluding diaryl/α,β-unsaturated/α-hetero) is 1. The van der Waals surface area contributed by atoms with Gasteiger partial charge in [0.25, 0.3) is 0 Å². The molecule has 0 aliphatic carbocycles. The van der Waals surface area contributed by atoms with Gasteiger partial charge in [-0.1, -0.05) is 270 Å². The lowest BCUT2D eigenvalue weighted by atomic mass is 9.72. The predicted octanol–water partition coefficient (Wildman–Crippen LogP) is 17.3. The first-order valence-corrected chi connectivity index (χ1v) is 26.8. The Labute approximate surface area is 370 Å². The fraction of sp³-hybridized carbons (Fsp3) is 0.909. The summed E-state index contributed by atoms with van der Waals surface area (Å²) in [6.45, 7) is 6.11. The van der Waals surface area contributed by atoms with Crippen LogP contribution in [0.2, 0.25) is 0 Å². The molecule has 59 heavy (non-hydrogen) atoms. The third-order valence-electron chi connectivity index (χ3n) is 13.2. The summed E-state index contributed by atoms with van der Waals surface area (Å²) in [5.74, 6) is -0.359. The number of hydrogen-bond acceptors (Lipinski definition) is 4. The number of aliphatic hydroxyl groups is 3. The summed E-state index contributed by atoms with van der Waals surface area (Å²) >= 11 is 0. The van der Waals surface area contributed by atoms with Gasteiger partial charge in [0.1, 0.15) is 5.60 Å². The van der Waals surface area contributed by atoms with Crippen molar-refractivity contribution < 1.29 is 20.1 Å². The molecule has 0 heterocycles. The van der Waals surface area contributed by atoms with E-state index in [9.17, 15) is 20.1 Å².